The summed E-state index contributed by atoms with van der Waals surface area (Å²) in [5.41, 5.74) is -0.411. The molecular formula is C32H27N9O15. The normalized spacial score (nSPS) is 13.2. The van der Waals surface area contributed by atoms with E-state index in [9.17, 15) is 65.8 Å². The van der Waals surface area contributed by atoms with Crippen LogP contribution in [0.1, 0.15) is 47.3 Å². The summed E-state index contributed by atoms with van der Waals surface area (Å²) >= 11 is 0. The third-order valence-corrected chi connectivity index (χ3v) is 8.03. The van der Waals surface area contributed by atoms with Crippen LogP contribution in [-0.4, -0.2) is 54.4 Å². The van der Waals surface area contributed by atoms with Crippen LogP contribution in [0.5, 0.6) is 11.5 Å². The first-order valence-electron chi connectivity index (χ1n) is 15.6. The van der Waals surface area contributed by atoms with Gasteiger partial charge in [0.25, 0.3) is 22.9 Å². The number of imidazole rings is 1. The molecule has 24 nitrogen and oxygen atoms in total. The Morgan fingerprint density at radius 3 is 1.54 bits per heavy atom. The van der Waals surface area contributed by atoms with Crippen molar-refractivity contribution in [3.8, 4) is 17.2 Å². The van der Waals surface area contributed by atoms with E-state index in [1.54, 1.807) is 6.92 Å². The number of phenolic OH excluding ortho intramolecular Hbond substituents is 2. The second-order valence-corrected chi connectivity index (χ2v) is 11.6. The highest BCUT2D eigenvalue weighted by Crippen LogP contribution is 2.40. The number of aliphatic hydroxyl groups is 1. The number of hydrogen-bond donors (Lipinski definition) is 4. The Morgan fingerprint density at radius 1 is 0.696 bits per heavy atom. The van der Waals surface area contributed by atoms with Gasteiger partial charge in [0.05, 0.1) is 83.5 Å². The number of nitro groups is 6. The van der Waals surface area contributed by atoms with E-state index < -0.39 is 81.3 Å². The molecular weight excluding hydrogens is 750 g/mol. The summed E-state index contributed by atoms with van der Waals surface area (Å²) in [7, 11) is 0. The van der Waals surface area contributed by atoms with E-state index in [4.69, 9.17) is 10.2 Å². The number of hydrogen-bond acceptors (Lipinski definition) is 17. The number of aliphatic hydroxyl groups excluding tert-OH is 1. The third-order valence-electron chi connectivity index (χ3n) is 8.03. The van der Waals surface area contributed by atoms with Gasteiger partial charge in [-0.05, 0) is 42.7 Å². The maximum atomic E-state index is 10.4. The fraction of sp³-hybridized carbons (Fsp3) is 0.156. The molecule has 24 heteroatoms. The Kier molecular flexibility index (Phi) is 12.2. The molecule has 0 aliphatic carbocycles. The highest BCUT2D eigenvalue weighted by atomic mass is 16.7. The molecule has 2 heterocycles. The molecule has 0 radical (unpaired) electrons. The second kappa shape index (κ2) is 16.8. The minimum Gasteiger partial charge on any atom is -0.497 e. The lowest BCUT2D eigenvalue weighted by molar-refractivity contribution is -0.404. The highest BCUT2D eigenvalue weighted by Gasteiger charge is 2.31. The molecule has 0 amide bonds. The van der Waals surface area contributed by atoms with Crippen molar-refractivity contribution in [2.24, 2.45) is 0 Å². The molecule has 1 aliphatic heterocycles. The number of aryl methyl sites for hydroxylation is 1. The van der Waals surface area contributed by atoms with Gasteiger partial charge in [0, 0.05) is 6.54 Å². The van der Waals surface area contributed by atoms with E-state index in [0.29, 0.717) is 24.3 Å². The van der Waals surface area contributed by atoms with Crippen molar-refractivity contribution in [3.05, 3.63) is 168 Å². The van der Waals surface area contributed by atoms with Crippen LogP contribution in [0.15, 0.2) is 79.0 Å². The maximum absolute atomic E-state index is 10.4. The van der Waals surface area contributed by atoms with Crippen molar-refractivity contribution in [1.82, 2.24) is 14.9 Å². The zero-order valence-electron chi connectivity index (χ0n) is 28.7. The van der Waals surface area contributed by atoms with E-state index in [1.807, 2.05) is 25.3 Å². The SMILES string of the molecule is Cc1ncc2n1-c1ccc(C(C)O)cc1C(c1ccccc1)NC2.O=[N+]([O-])c1cc([N+](=O)[O-])c(O)c([N+](=O)[O-])c1.O=[N+]([O-])c1cc([N+](=O)[O-])c(O)c([N+](=O)[O-])c1. The zero-order chi connectivity index (χ0) is 41.6. The van der Waals surface area contributed by atoms with Gasteiger partial charge in [-0.1, -0.05) is 36.4 Å². The number of aromatic nitrogens is 2. The lowest BCUT2D eigenvalue weighted by atomic mass is 9.94. The Labute approximate surface area is 311 Å². The largest absolute Gasteiger partial charge is 0.497 e. The molecule has 0 bridgehead atoms. The maximum Gasteiger partial charge on any atom is 0.324 e. The summed E-state index contributed by atoms with van der Waals surface area (Å²) in [5, 5.41) is 94.1. The molecule has 4 aromatic carbocycles. The fourth-order valence-electron chi connectivity index (χ4n) is 5.42. The smallest absolute Gasteiger partial charge is 0.324 e. The van der Waals surface area contributed by atoms with Gasteiger partial charge in [0.1, 0.15) is 5.82 Å². The Bertz CT molecular complexity index is 2220. The van der Waals surface area contributed by atoms with Crippen LogP contribution in [0.2, 0.25) is 0 Å². The quantitative estimate of drug-likeness (QED) is 0.109. The van der Waals surface area contributed by atoms with Crippen molar-refractivity contribution in [2.45, 2.75) is 32.5 Å². The van der Waals surface area contributed by atoms with Crippen LogP contribution in [0.4, 0.5) is 34.1 Å². The number of nitrogens with zero attached hydrogens (tertiary/aromatic N) is 8. The predicted octanol–water partition coefficient (Wildman–Crippen LogP) is 5.66. The van der Waals surface area contributed by atoms with Crippen LogP contribution in [0.25, 0.3) is 5.69 Å². The lowest BCUT2D eigenvalue weighted by Crippen LogP contribution is -2.21. The van der Waals surface area contributed by atoms with Gasteiger partial charge in [-0.2, -0.15) is 0 Å². The number of rotatable bonds is 8. The molecule has 5 aromatic rings. The third kappa shape index (κ3) is 8.78. The van der Waals surface area contributed by atoms with Crippen molar-refractivity contribution in [1.29, 1.82) is 0 Å². The summed E-state index contributed by atoms with van der Waals surface area (Å²) in [6, 6.07) is 18.5. The predicted molar refractivity (Wildman–Crippen MR) is 190 cm³/mol. The number of benzene rings is 4. The van der Waals surface area contributed by atoms with Crippen molar-refractivity contribution in [2.75, 3.05) is 0 Å². The first kappa shape index (κ1) is 40.8. The number of phenols is 2. The molecule has 6 rings (SSSR count). The summed E-state index contributed by atoms with van der Waals surface area (Å²) < 4.78 is 2.21. The molecule has 290 valence electrons. The Morgan fingerprint density at radius 2 is 1.14 bits per heavy atom. The van der Waals surface area contributed by atoms with E-state index in [2.05, 4.69) is 51.3 Å². The minimum absolute atomic E-state index is 0.0826. The summed E-state index contributed by atoms with van der Waals surface area (Å²) in [4.78, 5) is 60.0. The second-order valence-electron chi connectivity index (χ2n) is 11.6. The first-order valence-corrected chi connectivity index (χ1v) is 15.6. The minimum atomic E-state index is -1.21. The number of nitrogens with one attached hydrogen (secondary N) is 1. The molecule has 2 unspecified atom stereocenters. The van der Waals surface area contributed by atoms with Crippen LogP contribution < -0.4 is 5.32 Å². The topological polar surface area (TPSA) is 349 Å². The standard InChI is InChI=1S/C20H21N3O.2C6H3N3O7/c1-13(24)16-8-9-19-18(10-16)20(15-6-4-3-5-7-15)22-12-17-11-21-14(2)23(17)19;2*10-6-4(8(13)14)1-3(7(11)12)2-5(6)9(15)16/h3-11,13,20,22,24H,12H2,1-2H3;2*1-2,10H. The molecule has 1 aromatic heterocycles. The average molecular weight is 778 g/mol. The number of non-ortho nitro benzene ring substituents is 2. The fourth-order valence-corrected chi connectivity index (χ4v) is 5.42. The molecule has 56 heavy (non-hydrogen) atoms. The summed E-state index contributed by atoms with van der Waals surface area (Å²) in [5.74, 6) is -1.44. The number of aromatic hydroxyl groups is 2. The Hall–Kier alpha value is -7.99. The van der Waals surface area contributed by atoms with E-state index in [-0.39, 0.29) is 6.04 Å². The number of fused-ring (bicyclic) bond motifs is 3. The van der Waals surface area contributed by atoms with Gasteiger partial charge in [0.2, 0.25) is 0 Å². The van der Waals surface area contributed by atoms with E-state index in [0.717, 1.165) is 29.3 Å². The molecule has 4 N–H and O–H groups in total. The van der Waals surface area contributed by atoms with Crippen LogP contribution in [0.3, 0.4) is 0 Å². The van der Waals surface area contributed by atoms with Crippen LogP contribution in [-0.2, 0) is 6.54 Å². The molecule has 0 fully saturated rings. The van der Waals surface area contributed by atoms with Gasteiger partial charge in [-0.15, -0.1) is 0 Å². The summed E-state index contributed by atoms with van der Waals surface area (Å²) in [6.45, 7) is 4.58. The number of nitro benzene ring substituents is 6. The molecule has 0 saturated heterocycles. The van der Waals surface area contributed by atoms with Crippen molar-refractivity contribution in [3.63, 3.8) is 0 Å². The molecule has 0 saturated carbocycles. The van der Waals surface area contributed by atoms with E-state index >= 15 is 0 Å². The van der Waals surface area contributed by atoms with Gasteiger partial charge < -0.3 is 20.6 Å². The zero-order valence-corrected chi connectivity index (χ0v) is 28.7. The summed E-state index contributed by atoms with van der Waals surface area (Å²) in [6.07, 6.45) is 1.44. The van der Waals surface area contributed by atoms with Crippen LogP contribution >= 0.6 is 0 Å². The molecule has 1 aliphatic rings. The molecule has 2 atom stereocenters. The lowest BCUT2D eigenvalue weighted by Gasteiger charge is -2.21. The first-order chi connectivity index (χ1) is 26.3. The van der Waals surface area contributed by atoms with Crippen LogP contribution in [0, 0.1) is 67.6 Å². The van der Waals surface area contributed by atoms with Crippen molar-refractivity contribution < 1.29 is 44.9 Å². The van der Waals surface area contributed by atoms with Gasteiger partial charge in [-0.25, -0.2) is 4.98 Å². The van der Waals surface area contributed by atoms with Gasteiger partial charge >= 0.3 is 22.7 Å². The monoisotopic (exact) mass is 777 g/mol. The van der Waals surface area contributed by atoms with Gasteiger partial charge in [-0.3, -0.25) is 65.3 Å². The average Bonchev–Trinajstić information content (AvgIpc) is 3.42. The van der Waals surface area contributed by atoms with Gasteiger partial charge in [0.15, 0.2) is 0 Å². The molecule has 0 spiro atoms. The Balaban J connectivity index is 0.000000194. The van der Waals surface area contributed by atoms with E-state index in [1.165, 1.54) is 11.1 Å². The van der Waals surface area contributed by atoms with Crippen molar-refractivity contribution >= 4 is 34.1 Å². The highest BCUT2D eigenvalue weighted by molar-refractivity contribution is 5.65.